The summed E-state index contributed by atoms with van der Waals surface area (Å²) in [5.74, 6) is -0.523. The van der Waals surface area contributed by atoms with Gasteiger partial charge in [0.1, 0.15) is 0 Å². The van der Waals surface area contributed by atoms with Crippen LogP contribution < -0.4 is 5.32 Å². The van der Waals surface area contributed by atoms with Crippen LogP contribution in [0.5, 0.6) is 0 Å². The maximum absolute atomic E-state index is 12.9. The van der Waals surface area contributed by atoms with Crippen LogP contribution in [0.25, 0.3) is 0 Å². The lowest BCUT2D eigenvalue weighted by atomic mass is 10.2. The molecule has 2 aromatic carbocycles. The van der Waals surface area contributed by atoms with E-state index in [0.29, 0.717) is 18.8 Å². The lowest BCUT2D eigenvalue weighted by molar-refractivity contribution is 0.102. The zero-order valence-electron chi connectivity index (χ0n) is 16.9. The number of amides is 1. The Balaban J connectivity index is 1.83. The third-order valence-corrected chi connectivity index (χ3v) is 8.63. The maximum atomic E-state index is 12.9. The Hall–Kier alpha value is -2.27. The van der Waals surface area contributed by atoms with E-state index in [4.69, 9.17) is 0 Å². The van der Waals surface area contributed by atoms with Crippen molar-refractivity contribution < 1.29 is 21.6 Å². The van der Waals surface area contributed by atoms with Crippen LogP contribution >= 0.6 is 0 Å². The van der Waals surface area contributed by atoms with E-state index < -0.39 is 26.0 Å². The molecule has 8 nitrogen and oxygen atoms in total. The largest absolute Gasteiger partial charge is 0.322 e. The van der Waals surface area contributed by atoms with E-state index in [1.165, 1.54) is 60.9 Å². The van der Waals surface area contributed by atoms with Gasteiger partial charge in [0.25, 0.3) is 5.91 Å². The summed E-state index contributed by atoms with van der Waals surface area (Å²) in [5, 5.41) is 2.64. The molecule has 1 aliphatic heterocycles. The summed E-state index contributed by atoms with van der Waals surface area (Å²) in [5.41, 5.74) is 0.473. The van der Waals surface area contributed by atoms with Crippen molar-refractivity contribution in [3.8, 4) is 0 Å². The van der Waals surface area contributed by atoms with Gasteiger partial charge in [0, 0.05) is 38.4 Å². The average molecular weight is 452 g/mol. The van der Waals surface area contributed by atoms with Gasteiger partial charge >= 0.3 is 0 Å². The van der Waals surface area contributed by atoms with Crippen molar-refractivity contribution in [3.05, 3.63) is 54.1 Å². The van der Waals surface area contributed by atoms with Crippen molar-refractivity contribution in [2.24, 2.45) is 0 Å². The first-order valence-electron chi connectivity index (χ1n) is 9.56. The van der Waals surface area contributed by atoms with Gasteiger partial charge in [-0.05, 0) is 49.2 Å². The molecule has 0 aliphatic carbocycles. The standard InChI is InChI=1S/C20H25N3O5S2/c1-22(2)29(25,26)19-11-7-9-17(15-19)21-20(24)16-8-6-10-18(14-16)30(27,28)23-12-4-3-5-13-23/h6-11,14-15H,3-5,12-13H2,1-2H3,(H,21,24). The lowest BCUT2D eigenvalue weighted by Crippen LogP contribution is -2.35. The molecule has 0 radical (unpaired) electrons. The Morgan fingerprint density at radius 3 is 2.20 bits per heavy atom. The van der Waals surface area contributed by atoms with Gasteiger partial charge in [-0.15, -0.1) is 0 Å². The van der Waals surface area contributed by atoms with Crippen LogP contribution in [0.1, 0.15) is 29.6 Å². The molecule has 10 heteroatoms. The van der Waals surface area contributed by atoms with Gasteiger partial charge in [-0.2, -0.15) is 4.31 Å². The highest BCUT2D eigenvalue weighted by molar-refractivity contribution is 7.89. The Morgan fingerprint density at radius 1 is 0.900 bits per heavy atom. The number of carbonyl (C=O) groups excluding carboxylic acids is 1. The van der Waals surface area contributed by atoms with Gasteiger partial charge in [-0.25, -0.2) is 21.1 Å². The summed E-state index contributed by atoms with van der Waals surface area (Å²) in [4.78, 5) is 12.8. The third-order valence-electron chi connectivity index (χ3n) is 4.92. The minimum Gasteiger partial charge on any atom is -0.322 e. The Labute approximate surface area is 177 Å². The molecular weight excluding hydrogens is 426 g/mol. The molecule has 0 spiro atoms. The van der Waals surface area contributed by atoms with Gasteiger partial charge < -0.3 is 5.32 Å². The quantitative estimate of drug-likeness (QED) is 0.726. The number of nitrogens with one attached hydrogen (secondary N) is 1. The fraction of sp³-hybridized carbons (Fsp3) is 0.350. The average Bonchev–Trinajstić information content (AvgIpc) is 2.74. The molecule has 1 fully saturated rings. The summed E-state index contributed by atoms with van der Waals surface area (Å²) >= 11 is 0. The first-order valence-corrected chi connectivity index (χ1v) is 12.4. The van der Waals surface area contributed by atoms with Crippen LogP contribution in [-0.4, -0.2) is 58.5 Å². The number of hydrogen-bond donors (Lipinski definition) is 1. The second-order valence-electron chi connectivity index (χ2n) is 7.26. The van der Waals surface area contributed by atoms with Crippen LogP contribution in [-0.2, 0) is 20.0 Å². The van der Waals surface area contributed by atoms with Crippen LogP contribution in [0.3, 0.4) is 0 Å². The predicted molar refractivity (Wildman–Crippen MR) is 114 cm³/mol. The molecule has 1 heterocycles. The smallest absolute Gasteiger partial charge is 0.255 e. The lowest BCUT2D eigenvalue weighted by Gasteiger charge is -2.26. The van der Waals surface area contributed by atoms with E-state index in [1.54, 1.807) is 6.07 Å². The van der Waals surface area contributed by atoms with Gasteiger partial charge in [-0.1, -0.05) is 18.6 Å². The highest BCUT2D eigenvalue weighted by Crippen LogP contribution is 2.22. The van der Waals surface area contributed by atoms with E-state index >= 15 is 0 Å². The Kier molecular flexibility index (Phi) is 6.61. The Bertz CT molecular complexity index is 1140. The Morgan fingerprint density at radius 2 is 1.53 bits per heavy atom. The summed E-state index contributed by atoms with van der Waals surface area (Å²) in [6.45, 7) is 0.956. The third kappa shape index (κ3) is 4.72. The number of hydrogen-bond acceptors (Lipinski definition) is 5. The first kappa shape index (κ1) is 22.4. The normalized spacial score (nSPS) is 15.8. The van der Waals surface area contributed by atoms with Crippen LogP contribution in [0.4, 0.5) is 5.69 Å². The minimum absolute atomic E-state index is 0.0479. The number of rotatable bonds is 6. The second kappa shape index (κ2) is 8.84. The van der Waals surface area contributed by atoms with Crippen molar-refractivity contribution in [2.75, 3.05) is 32.5 Å². The molecule has 0 saturated carbocycles. The molecule has 3 rings (SSSR count). The van der Waals surface area contributed by atoms with Crippen molar-refractivity contribution in [1.29, 1.82) is 0 Å². The van der Waals surface area contributed by atoms with E-state index in [1.807, 2.05) is 0 Å². The molecule has 1 N–H and O–H groups in total. The van der Waals surface area contributed by atoms with E-state index in [0.717, 1.165) is 23.6 Å². The molecule has 0 bridgehead atoms. The molecule has 0 aromatic heterocycles. The number of benzene rings is 2. The van der Waals surface area contributed by atoms with Crippen molar-refractivity contribution in [3.63, 3.8) is 0 Å². The highest BCUT2D eigenvalue weighted by Gasteiger charge is 2.26. The minimum atomic E-state index is -3.66. The van der Waals surface area contributed by atoms with Gasteiger partial charge in [0.05, 0.1) is 9.79 Å². The SMILES string of the molecule is CN(C)S(=O)(=O)c1cccc(NC(=O)c2cccc(S(=O)(=O)N3CCCCC3)c2)c1. The fourth-order valence-corrected chi connectivity index (χ4v) is 5.71. The molecule has 1 aliphatic rings. The number of piperidine rings is 1. The summed E-state index contributed by atoms with van der Waals surface area (Å²) in [6.07, 6.45) is 2.66. The van der Waals surface area contributed by atoms with Crippen molar-refractivity contribution in [2.45, 2.75) is 29.1 Å². The number of sulfonamides is 2. The fourth-order valence-electron chi connectivity index (χ4n) is 3.20. The molecular formula is C20H25N3O5S2. The first-order chi connectivity index (χ1) is 14.1. The zero-order valence-corrected chi connectivity index (χ0v) is 18.5. The van der Waals surface area contributed by atoms with Gasteiger partial charge in [0.2, 0.25) is 20.0 Å². The monoisotopic (exact) mass is 451 g/mol. The van der Waals surface area contributed by atoms with Crippen LogP contribution in [0, 0.1) is 0 Å². The molecule has 1 amide bonds. The number of nitrogens with zero attached hydrogens (tertiary/aromatic N) is 2. The predicted octanol–water partition coefficient (Wildman–Crippen LogP) is 2.36. The second-order valence-corrected chi connectivity index (χ2v) is 11.4. The van der Waals surface area contributed by atoms with Gasteiger partial charge in [-0.3, -0.25) is 4.79 Å². The molecule has 0 atom stereocenters. The maximum Gasteiger partial charge on any atom is 0.255 e. The summed E-state index contributed by atoms with van der Waals surface area (Å²) in [6, 6.07) is 11.8. The van der Waals surface area contributed by atoms with Crippen LogP contribution in [0.2, 0.25) is 0 Å². The molecule has 2 aromatic rings. The number of carbonyl (C=O) groups is 1. The van der Waals surface area contributed by atoms with E-state index in [-0.39, 0.29) is 15.4 Å². The van der Waals surface area contributed by atoms with E-state index in [9.17, 15) is 21.6 Å². The molecule has 0 unspecified atom stereocenters. The highest BCUT2D eigenvalue weighted by atomic mass is 32.2. The summed E-state index contributed by atoms with van der Waals surface area (Å²) in [7, 11) is -4.45. The topological polar surface area (TPSA) is 104 Å². The van der Waals surface area contributed by atoms with Crippen LogP contribution in [0.15, 0.2) is 58.3 Å². The zero-order chi connectivity index (χ0) is 21.9. The molecule has 1 saturated heterocycles. The van der Waals surface area contributed by atoms with E-state index in [2.05, 4.69) is 5.32 Å². The molecule has 30 heavy (non-hydrogen) atoms. The van der Waals surface area contributed by atoms with Crippen molar-refractivity contribution in [1.82, 2.24) is 8.61 Å². The molecule has 162 valence electrons. The number of anilines is 1. The van der Waals surface area contributed by atoms with Gasteiger partial charge in [0.15, 0.2) is 0 Å². The van der Waals surface area contributed by atoms with Crippen molar-refractivity contribution >= 4 is 31.6 Å². The summed E-state index contributed by atoms with van der Waals surface area (Å²) < 4.78 is 52.8.